The van der Waals surface area contributed by atoms with Gasteiger partial charge in [0.2, 0.25) is 0 Å². The Labute approximate surface area is 152 Å². The highest BCUT2D eigenvalue weighted by Gasteiger charge is 2.14. The first-order valence-corrected chi connectivity index (χ1v) is 9.55. The minimum absolute atomic E-state index is 0.289. The molecule has 140 valence electrons. The second-order valence-corrected chi connectivity index (χ2v) is 6.57. The van der Waals surface area contributed by atoms with Crippen LogP contribution in [0.5, 0.6) is 0 Å². The fourth-order valence-corrected chi connectivity index (χ4v) is 2.65. The first kappa shape index (κ1) is 19.7. The highest BCUT2D eigenvalue weighted by atomic mass is 16.5. The Kier molecular flexibility index (Phi) is 9.37. The molecule has 0 radical (unpaired) electrons. The van der Waals surface area contributed by atoms with E-state index in [9.17, 15) is 0 Å². The van der Waals surface area contributed by atoms with E-state index in [4.69, 9.17) is 9.47 Å². The summed E-state index contributed by atoms with van der Waals surface area (Å²) < 4.78 is 11.3. The molecule has 0 aromatic heterocycles. The van der Waals surface area contributed by atoms with E-state index in [1.807, 2.05) is 0 Å². The van der Waals surface area contributed by atoms with Crippen molar-refractivity contribution in [3.8, 4) is 0 Å². The number of unbranched alkanes of at least 4 members (excludes halogenated alkanes) is 1. The second-order valence-electron chi connectivity index (χ2n) is 6.57. The smallest absolute Gasteiger partial charge is 0.191 e. The molecule has 1 unspecified atom stereocenters. The highest BCUT2D eigenvalue weighted by Crippen LogP contribution is 2.11. The summed E-state index contributed by atoms with van der Waals surface area (Å²) in [5.74, 6) is 0.856. The SMILES string of the molecule is CCCCNC(=NCc1ccc(C)cc1)NCCOCC1CCCO1. The molecule has 5 nitrogen and oxygen atoms in total. The number of ether oxygens (including phenoxy) is 2. The van der Waals surface area contributed by atoms with E-state index in [1.165, 1.54) is 17.5 Å². The summed E-state index contributed by atoms with van der Waals surface area (Å²) in [4.78, 5) is 4.68. The molecule has 0 amide bonds. The Balaban J connectivity index is 1.71. The van der Waals surface area contributed by atoms with Crippen LogP contribution in [-0.2, 0) is 16.0 Å². The lowest BCUT2D eigenvalue weighted by molar-refractivity contribution is 0.0191. The topological polar surface area (TPSA) is 54.9 Å². The van der Waals surface area contributed by atoms with E-state index in [2.05, 4.69) is 53.7 Å². The molecule has 2 N–H and O–H groups in total. The average Bonchev–Trinajstić information content (AvgIpc) is 3.14. The number of aliphatic imine (C=N–C) groups is 1. The van der Waals surface area contributed by atoms with Gasteiger partial charge in [0.1, 0.15) is 0 Å². The molecule has 0 bridgehead atoms. The molecule has 0 saturated carbocycles. The quantitative estimate of drug-likeness (QED) is 0.388. The first-order valence-electron chi connectivity index (χ1n) is 9.55. The van der Waals surface area contributed by atoms with Crippen LogP contribution in [-0.4, -0.2) is 45.0 Å². The van der Waals surface area contributed by atoms with E-state index in [1.54, 1.807) is 0 Å². The number of nitrogens with zero attached hydrogens (tertiary/aromatic N) is 1. The van der Waals surface area contributed by atoms with E-state index in [0.29, 0.717) is 19.8 Å². The monoisotopic (exact) mass is 347 g/mol. The minimum atomic E-state index is 0.289. The molecule has 1 aromatic rings. The Morgan fingerprint density at radius 1 is 1.24 bits per heavy atom. The standard InChI is InChI=1S/C20H33N3O2/c1-3-4-11-21-20(23-15-18-9-7-17(2)8-10-18)22-12-14-24-16-19-6-5-13-25-19/h7-10,19H,3-6,11-16H2,1-2H3,(H2,21,22,23). The van der Waals surface area contributed by atoms with E-state index in [0.717, 1.165) is 44.9 Å². The molecule has 1 heterocycles. The first-order chi connectivity index (χ1) is 12.3. The third-order valence-electron chi connectivity index (χ3n) is 4.23. The van der Waals surface area contributed by atoms with Gasteiger partial charge in [-0.3, -0.25) is 0 Å². The number of rotatable bonds is 10. The lowest BCUT2D eigenvalue weighted by Crippen LogP contribution is -2.39. The van der Waals surface area contributed by atoms with Crippen molar-refractivity contribution in [2.45, 2.75) is 52.2 Å². The van der Waals surface area contributed by atoms with Gasteiger partial charge in [-0.1, -0.05) is 43.2 Å². The largest absolute Gasteiger partial charge is 0.377 e. The predicted octanol–water partition coefficient (Wildman–Crippen LogP) is 3.03. The zero-order valence-corrected chi connectivity index (χ0v) is 15.7. The molecule has 1 fully saturated rings. The average molecular weight is 348 g/mol. The van der Waals surface area contributed by atoms with Gasteiger partial charge in [-0.2, -0.15) is 0 Å². The van der Waals surface area contributed by atoms with E-state index in [-0.39, 0.29) is 6.10 Å². The lowest BCUT2D eigenvalue weighted by Gasteiger charge is -2.14. The van der Waals surface area contributed by atoms with Crippen LogP contribution in [0.3, 0.4) is 0 Å². The Morgan fingerprint density at radius 3 is 2.76 bits per heavy atom. The maximum absolute atomic E-state index is 5.70. The molecule has 1 aliphatic rings. The molecular weight excluding hydrogens is 314 g/mol. The summed E-state index contributed by atoms with van der Waals surface area (Å²) >= 11 is 0. The Hall–Kier alpha value is -1.59. The summed E-state index contributed by atoms with van der Waals surface area (Å²) in [6, 6.07) is 8.52. The van der Waals surface area contributed by atoms with Gasteiger partial charge in [0, 0.05) is 19.7 Å². The molecule has 2 rings (SSSR count). The van der Waals surface area contributed by atoms with Gasteiger partial charge in [-0.15, -0.1) is 0 Å². The van der Waals surface area contributed by atoms with Gasteiger partial charge < -0.3 is 20.1 Å². The molecule has 25 heavy (non-hydrogen) atoms. The molecule has 0 aliphatic carbocycles. The van der Waals surface area contributed by atoms with Crippen LogP contribution < -0.4 is 10.6 Å². The van der Waals surface area contributed by atoms with Crippen molar-refractivity contribution in [2.75, 3.05) is 32.9 Å². The summed E-state index contributed by atoms with van der Waals surface area (Å²) in [6.07, 6.45) is 4.87. The Bertz CT molecular complexity index is 496. The molecule has 1 atom stereocenters. The van der Waals surface area contributed by atoms with Gasteiger partial charge >= 0.3 is 0 Å². The lowest BCUT2D eigenvalue weighted by atomic mass is 10.1. The van der Waals surface area contributed by atoms with Crippen LogP contribution in [0.25, 0.3) is 0 Å². The second kappa shape index (κ2) is 11.9. The number of benzene rings is 1. The maximum atomic E-state index is 5.70. The summed E-state index contributed by atoms with van der Waals surface area (Å²) in [7, 11) is 0. The number of aryl methyl sites for hydroxylation is 1. The summed E-state index contributed by atoms with van der Waals surface area (Å²) in [5, 5.41) is 6.75. The minimum Gasteiger partial charge on any atom is -0.377 e. The Morgan fingerprint density at radius 2 is 2.04 bits per heavy atom. The third-order valence-corrected chi connectivity index (χ3v) is 4.23. The van der Waals surface area contributed by atoms with Crippen molar-refractivity contribution in [1.82, 2.24) is 10.6 Å². The van der Waals surface area contributed by atoms with Crippen LogP contribution in [0.1, 0.15) is 43.7 Å². The van der Waals surface area contributed by atoms with Crippen molar-refractivity contribution in [2.24, 2.45) is 4.99 Å². The van der Waals surface area contributed by atoms with Gasteiger partial charge in [-0.25, -0.2) is 4.99 Å². The summed E-state index contributed by atoms with van der Waals surface area (Å²) in [6.45, 7) is 8.90. The molecule has 1 aliphatic heterocycles. The summed E-state index contributed by atoms with van der Waals surface area (Å²) in [5.41, 5.74) is 2.49. The fraction of sp³-hybridized carbons (Fsp3) is 0.650. The van der Waals surface area contributed by atoms with Crippen LogP contribution >= 0.6 is 0 Å². The van der Waals surface area contributed by atoms with Gasteiger partial charge in [0.25, 0.3) is 0 Å². The molecule has 1 aromatic carbocycles. The fourth-order valence-electron chi connectivity index (χ4n) is 2.65. The zero-order valence-electron chi connectivity index (χ0n) is 15.7. The van der Waals surface area contributed by atoms with Crippen LogP contribution in [0.4, 0.5) is 0 Å². The van der Waals surface area contributed by atoms with Gasteiger partial charge in [0.15, 0.2) is 5.96 Å². The van der Waals surface area contributed by atoms with Crippen molar-refractivity contribution in [3.63, 3.8) is 0 Å². The van der Waals surface area contributed by atoms with Crippen molar-refractivity contribution in [3.05, 3.63) is 35.4 Å². The van der Waals surface area contributed by atoms with Crippen molar-refractivity contribution in [1.29, 1.82) is 0 Å². The van der Waals surface area contributed by atoms with Crippen LogP contribution in [0, 0.1) is 6.92 Å². The normalized spacial score (nSPS) is 17.7. The predicted molar refractivity (Wildman–Crippen MR) is 103 cm³/mol. The van der Waals surface area contributed by atoms with Crippen LogP contribution in [0.15, 0.2) is 29.3 Å². The number of guanidine groups is 1. The molecule has 0 spiro atoms. The molecular formula is C20H33N3O2. The van der Waals surface area contributed by atoms with Gasteiger partial charge in [-0.05, 0) is 31.7 Å². The van der Waals surface area contributed by atoms with E-state index < -0.39 is 0 Å². The zero-order chi connectivity index (χ0) is 17.7. The number of hydrogen-bond donors (Lipinski definition) is 2. The van der Waals surface area contributed by atoms with Crippen molar-refractivity contribution < 1.29 is 9.47 Å². The van der Waals surface area contributed by atoms with Crippen molar-refractivity contribution >= 4 is 5.96 Å². The van der Waals surface area contributed by atoms with Gasteiger partial charge in [0.05, 0.1) is 25.9 Å². The molecule has 1 saturated heterocycles. The number of nitrogens with one attached hydrogen (secondary N) is 2. The van der Waals surface area contributed by atoms with Crippen LogP contribution in [0.2, 0.25) is 0 Å². The van der Waals surface area contributed by atoms with E-state index >= 15 is 0 Å². The highest BCUT2D eigenvalue weighted by molar-refractivity contribution is 5.79. The third kappa shape index (κ3) is 8.36. The maximum Gasteiger partial charge on any atom is 0.191 e. The molecule has 5 heteroatoms. The number of hydrogen-bond acceptors (Lipinski definition) is 3.